The molecule has 15 heavy (non-hydrogen) atoms. The lowest BCUT2D eigenvalue weighted by atomic mass is 10.0. The molecule has 0 N–H and O–H groups in total. The summed E-state index contributed by atoms with van der Waals surface area (Å²) < 4.78 is 11.2. The van der Waals surface area contributed by atoms with Gasteiger partial charge >= 0.3 is 0 Å². The van der Waals surface area contributed by atoms with E-state index in [2.05, 4.69) is 27.7 Å². The molecule has 1 saturated heterocycles. The third-order valence-corrected chi connectivity index (χ3v) is 4.55. The Labute approximate surface area is 91.1 Å². The highest BCUT2D eigenvalue weighted by molar-refractivity contribution is 5.53. The monoisotopic (exact) mass is 212 g/mol. The highest BCUT2D eigenvalue weighted by Crippen LogP contribution is 2.70. The van der Waals surface area contributed by atoms with Crippen LogP contribution in [0.5, 0.6) is 0 Å². The summed E-state index contributed by atoms with van der Waals surface area (Å²) in [6.07, 6.45) is 0.797. The molecule has 2 fully saturated rings. The van der Waals surface area contributed by atoms with Gasteiger partial charge in [-0.1, -0.05) is 27.7 Å². The number of aldehydes is 1. The third-order valence-electron chi connectivity index (χ3n) is 4.55. The molecular weight excluding hydrogens is 192 g/mol. The van der Waals surface area contributed by atoms with E-state index in [4.69, 9.17) is 9.47 Å². The van der Waals surface area contributed by atoms with Crippen LogP contribution in [-0.4, -0.2) is 25.8 Å². The summed E-state index contributed by atoms with van der Waals surface area (Å²) in [5.74, 6) is 0.365. The summed E-state index contributed by atoms with van der Waals surface area (Å²) in [7, 11) is 0. The van der Waals surface area contributed by atoms with E-state index in [1.54, 1.807) is 0 Å². The molecule has 0 radical (unpaired) electrons. The van der Waals surface area contributed by atoms with Gasteiger partial charge in [-0.3, -0.25) is 0 Å². The van der Waals surface area contributed by atoms with Crippen LogP contribution < -0.4 is 0 Å². The summed E-state index contributed by atoms with van der Waals surface area (Å²) in [5, 5.41) is 0. The number of hydrogen-bond acceptors (Lipinski definition) is 3. The molecule has 0 bridgehead atoms. The number of carbonyl (C=O) groups excluding carboxylic acids is 1. The summed E-state index contributed by atoms with van der Waals surface area (Å²) in [6, 6.07) is 0. The van der Waals surface area contributed by atoms with Gasteiger partial charge in [-0.25, -0.2) is 0 Å². The topological polar surface area (TPSA) is 35.5 Å². The Morgan fingerprint density at radius 1 is 1.07 bits per heavy atom. The van der Waals surface area contributed by atoms with Crippen molar-refractivity contribution in [2.24, 2.45) is 22.7 Å². The van der Waals surface area contributed by atoms with Crippen molar-refractivity contribution in [3.8, 4) is 0 Å². The molecule has 0 spiro atoms. The van der Waals surface area contributed by atoms with E-state index >= 15 is 0 Å². The molecule has 1 aliphatic heterocycles. The average molecular weight is 212 g/mol. The van der Waals surface area contributed by atoms with Crippen LogP contribution in [0.15, 0.2) is 0 Å². The van der Waals surface area contributed by atoms with Gasteiger partial charge < -0.3 is 14.3 Å². The molecule has 2 rings (SSSR count). The molecule has 3 heteroatoms. The van der Waals surface area contributed by atoms with Crippen LogP contribution in [0, 0.1) is 22.7 Å². The lowest BCUT2D eigenvalue weighted by Gasteiger charge is -2.28. The standard InChI is InChI=1S/C12H20O3/c1-11(2)9(12(11,3)4)10-14-6-8(5-13)7-15-10/h5,8-10H,6-7H2,1-4H3. The molecule has 0 unspecified atom stereocenters. The smallest absolute Gasteiger partial charge is 0.161 e. The Bertz CT molecular complexity index is 248. The second kappa shape index (κ2) is 3.29. The van der Waals surface area contributed by atoms with E-state index in [1.807, 2.05) is 0 Å². The molecule has 1 aliphatic carbocycles. The lowest BCUT2D eigenvalue weighted by Crippen LogP contribution is -2.35. The number of rotatable bonds is 2. The Morgan fingerprint density at radius 3 is 1.87 bits per heavy atom. The Kier molecular flexibility index (Phi) is 2.43. The normalized spacial score (nSPS) is 38.7. The summed E-state index contributed by atoms with van der Waals surface area (Å²) in [5.41, 5.74) is 0.539. The van der Waals surface area contributed by atoms with Crippen LogP contribution in [0.1, 0.15) is 27.7 Å². The zero-order valence-corrected chi connectivity index (χ0v) is 9.95. The SMILES string of the molecule is CC1(C)C(C2OCC(C=O)CO2)C1(C)C. The number of ether oxygens (including phenoxy) is 2. The number of hydrogen-bond donors (Lipinski definition) is 0. The first kappa shape index (κ1) is 11.1. The minimum atomic E-state index is -0.119. The maximum Gasteiger partial charge on any atom is 0.161 e. The van der Waals surface area contributed by atoms with E-state index < -0.39 is 0 Å². The van der Waals surface area contributed by atoms with Crippen LogP contribution in [0.25, 0.3) is 0 Å². The third kappa shape index (κ3) is 1.53. The largest absolute Gasteiger partial charge is 0.352 e. The highest BCUT2D eigenvalue weighted by Gasteiger charge is 2.68. The zero-order chi connectivity index (χ0) is 11.3. The molecule has 0 aromatic heterocycles. The Hall–Kier alpha value is -0.410. The van der Waals surface area contributed by atoms with Gasteiger partial charge in [0, 0.05) is 5.92 Å². The van der Waals surface area contributed by atoms with Crippen molar-refractivity contribution >= 4 is 6.29 Å². The fourth-order valence-corrected chi connectivity index (χ4v) is 2.73. The first-order chi connectivity index (χ1) is 6.91. The van der Waals surface area contributed by atoms with Crippen molar-refractivity contribution in [1.82, 2.24) is 0 Å². The first-order valence-electron chi connectivity index (χ1n) is 5.59. The van der Waals surface area contributed by atoms with Crippen LogP contribution in [0.3, 0.4) is 0 Å². The van der Waals surface area contributed by atoms with Crippen molar-refractivity contribution in [3.05, 3.63) is 0 Å². The second-order valence-corrected chi connectivity index (χ2v) is 5.85. The van der Waals surface area contributed by atoms with Gasteiger partial charge in [0.2, 0.25) is 0 Å². The van der Waals surface area contributed by atoms with Gasteiger partial charge in [-0.2, -0.15) is 0 Å². The maximum absolute atomic E-state index is 10.5. The van der Waals surface area contributed by atoms with Gasteiger partial charge in [0.15, 0.2) is 6.29 Å². The molecule has 3 nitrogen and oxygen atoms in total. The van der Waals surface area contributed by atoms with Crippen molar-refractivity contribution in [3.63, 3.8) is 0 Å². The molecule has 0 atom stereocenters. The lowest BCUT2D eigenvalue weighted by molar-refractivity contribution is -0.212. The fourth-order valence-electron chi connectivity index (χ4n) is 2.73. The van der Waals surface area contributed by atoms with E-state index in [0.29, 0.717) is 19.1 Å². The molecular formula is C12H20O3. The van der Waals surface area contributed by atoms with E-state index in [0.717, 1.165) is 6.29 Å². The second-order valence-electron chi connectivity index (χ2n) is 5.85. The molecule has 0 amide bonds. The van der Waals surface area contributed by atoms with Gasteiger partial charge in [0.25, 0.3) is 0 Å². The summed E-state index contributed by atoms with van der Waals surface area (Å²) >= 11 is 0. The van der Waals surface area contributed by atoms with Crippen molar-refractivity contribution < 1.29 is 14.3 Å². The van der Waals surface area contributed by atoms with E-state index in [9.17, 15) is 4.79 Å². The average Bonchev–Trinajstić information content (AvgIpc) is 2.58. The molecule has 0 aromatic rings. The molecule has 86 valence electrons. The van der Waals surface area contributed by atoms with Gasteiger partial charge in [-0.05, 0) is 10.8 Å². The van der Waals surface area contributed by atoms with Gasteiger partial charge in [-0.15, -0.1) is 0 Å². The summed E-state index contributed by atoms with van der Waals surface area (Å²) in [6.45, 7) is 10.0. The molecule has 1 heterocycles. The summed E-state index contributed by atoms with van der Waals surface area (Å²) in [4.78, 5) is 10.5. The van der Waals surface area contributed by atoms with E-state index in [-0.39, 0.29) is 23.0 Å². The van der Waals surface area contributed by atoms with Crippen LogP contribution in [0.2, 0.25) is 0 Å². The van der Waals surface area contributed by atoms with Gasteiger partial charge in [0.05, 0.1) is 19.1 Å². The van der Waals surface area contributed by atoms with Gasteiger partial charge in [0.1, 0.15) is 6.29 Å². The molecule has 1 saturated carbocycles. The van der Waals surface area contributed by atoms with Crippen molar-refractivity contribution in [2.45, 2.75) is 34.0 Å². The highest BCUT2D eigenvalue weighted by atomic mass is 16.7. The zero-order valence-electron chi connectivity index (χ0n) is 9.95. The van der Waals surface area contributed by atoms with E-state index in [1.165, 1.54) is 0 Å². The minimum absolute atomic E-state index is 0.0776. The predicted molar refractivity (Wildman–Crippen MR) is 56.3 cm³/mol. The predicted octanol–water partition coefficient (Wildman–Crippen LogP) is 1.86. The van der Waals surface area contributed by atoms with Crippen LogP contribution in [-0.2, 0) is 14.3 Å². The van der Waals surface area contributed by atoms with Crippen molar-refractivity contribution in [1.29, 1.82) is 0 Å². The quantitative estimate of drug-likeness (QED) is 0.655. The molecule has 0 aromatic carbocycles. The van der Waals surface area contributed by atoms with Crippen molar-refractivity contribution in [2.75, 3.05) is 13.2 Å². The van der Waals surface area contributed by atoms with Crippen LogP contribution >= 0.6 is 0 Å². The Morgan fingerprint density at radius 2 is 1.53 bits per heavy atom. The maximum atomic E-state index is 10.5. The molecule has 2 aliphatic rings. The first-order valence-corrected chi connectivity index (χ1v) is 5.59. The fraction of sp³-hybridized carbons (Fsp3) is 0.917. The number of carbonyl (C=O) groups is 1. The Balaban J connectivity index is 1.96. The minimum Gasteiger partial charge on any atom is -0.352 e. The van der Waals surface area contributed by atoms with Crippen LogP contribution in [0.4, 0.5) is 0 Å².